The van der Waals surface area contributed by atoms with E-state index in [9.17, 15) is 0 Å². The lowest BCUT2D eigenvalue weighted by Gasteiger charge is -2.14. The zero-order valence-electron chi connectivity index (χ0n) is 6.43. The van der Waals surface area contributed by atoms with E-state index in [0.717, 1.165) is 31.6 Å². The highest BCUT2D eigenvalue weighted by molar-refractivity contribution is 4.93. The van der Waals surface area contributed by atoms with Gasteiger partial charge in [-0.05, 0) is 25.3 Å². The highest BCUT2D eigenvalue weighted by atomic mass is 16.7. The molecule has 1 aliphatic rings. The van der Waals surface area contributed by atoms with Gasteiger partial charge in [0, 0.05) is 0 Å². The van der Waals surface area contributed by atoms with Crippen molar-refractivity contribution >= 4 is 0 Å². The number of ether oxygens (including phenoxy) is 2. The van der Waals surface area contributed by atoms with Crippen molar-refractivity contribution in [3.63, 3.8) is 0 Å². The molecule has 0 aromatic heterocycles. The first-order valence-electron chi connectivity index (χ1n) is 3.69. The molecule has 10 heavy (non-hydrogen) atoms. The molecule has 0 atom stereocenters. The van der Waals surface area contributed by atoms with Crippen LogP contribution in [0.1, 0.15) is 19.8 Å². The summed E-state index contributed by atoms with van der Waals surface area (Å²) in [5.41, 5.74) is 0.960. The first kappa shape index (κ1) is 7.76. The highest BCUT2D eigenvalue weighted by Gasteiger charge is 2.12. The van der Waals surface area contributed by atoms with Gasteiger partial charge in [0.1, 0.15) is 0 Å². The van der Waals surface area contributed by atoms with Crippen LogP contribution in [0.5, 0.6) is 0 Å². The third-order valence-corrected chi connectivity index (χ3v) is 1.48. The number of rotatable bonds is 1. The Bertz CT molecular complexity index is 112. The molecule has 0 aromatic rings. The van der Waals surface area contributed by atoms with Crippen molar-refractivity contribution in [3.8, 4) is 0 Å². The minimum absolute atomic E-state index is 0.150. The summed E-state index contributed by atoms with van der Waals surface area (Å²) in [6.45, 7) is 7.30. The summed E-state index contributed by atoms with van der Waals surface area (Å²) in [6.07, 6.45) is 2.05. The van der Waals surface area contributed by atoms with E-state index in [1.54, 1.807) is 0 Å². The van der Waals surface area contributed by atoms with Gasteiger partial charge in [0.2, 0.25) is 0 Å². The fourth-order valence-electron chi connectivity index (χ4n) is 0.917. The van der Waals surface area contributed by atoms with Gasteiger partial charge in [-0.3, -0.25) is 0 Å². The van der Waals surface area contributed by atoms with Crippen LogP contribution in [0.25, 0.3) is 0 Å². The van der Waals surface area contributed by atoms with Gasteiger partial charge in [-0.1, -0.05) is 6.58 Å². The van der Waals surface area contributed by atoms with Crippen molar-refractivity contribution < 1.29 is 9.47 Å². The Balaban J connectivity index is 2.35. The summed E-state index contributed by atoms with van der Waals surface area (Å²) in [4.78, 5) is 0. The molecule has 0 unspecified atom stereocenters. The molecule has 0 spiro atoms. The van der Waals surface area contributed by atoms with Crippen LogP contribution in [-0.2, 0) is 9.47 Å². The SMILES string of the molecule is C=C(C)C1OCCCCO1. The second-order valence-electron chi connectivity index (χ2n) is 2.63. The van der Waals surface area contributed by atoms with E-state index < -0.39 is 0 Å². The second-order valence-corrected chi connectivity index (χ2v) is 2.63. The van der Waals surface area contributed by atoms with E-state index in [1.807, 2.05) is 6.92 Å². The van der Waals surface area contributed by atoms with Crippen LogP contribution in [0, 0.1) is 0 Å². The predicted octanol–water partition coefficient (Wildman–Crippen LogP) is 1.72. The maximum absolute atomic E-state index is 5.34. The van der Waals surface area contributed by atoms with Gasteiger partial charge >= 0.3 is 0 Å². The summed E-state index contributed by atoms with van der Waals surface area (Å²) in [7, 11) is 0. The zero-order chi connectivity index (χ0) is 7.40. The highest BCUT2D eigenvalue weighted by Crippen LogP contribution is 2.11. The molecule has 1 rings (SSSR count). The van der Waals surface area contributed by atoms with E-state index in [4.69, 9.17) is 9.47 Å². The van der Waals surface area contributed by atoms with Gasteiger partial charge in [0.15, 0.2) is 6.29 Å². The van der Waals surface area contributed by atoms with Crippen molar-refractivity contribution in [2.45, 2.75) is 26.1 Å². The summed E-state index contributed by atoms with van der Waals surface area (Å²) in [6, 6.07) is 0. The monoisotopic (exact) mass is 142 g/mol. The van der Waals surface area contributed by atoms with Gasteiger partial charge in [-0.15, -0.1) is 0 Å². The Morgan fingerprint density at radius 1 is 1.30 bits per heavy atom. The minimum Gasteiger partial charge on any atom is -0.349 e. The van der Waals surface area contributed by atoms with E-state index in [0.29, 0.717) is 0 Å². The van der Waals surface area contributed by atoms with E-state index in [-0.39, 0.29) is 6.29 Å². The van der Waals surface area contributed by atoms with Gasteiger partial charge in [-0.25, -0.2) is 0 Å². The molecule has 2 nitrogen and oxygen atoms in total. The van der Waals surface area contributed by atoms with Crippen molar-refractivity contribution in [2.24, 2.45) is 0 Å². The van der Waals surface area contributed by atoms with Crippen molar-refractivity contribution in [3.05, 3.63) is 12.2 Å². The van der Waals surface area contributed by atoms with Gasteiger partial charge in [0.25, 0.3) is 0 Å². The van der Waals surface area contributed by atoms with E-state index in [2.05, 4.69) is 6.58 Å². The van der Waals surface area contributed by atoms with Gasteiger partial charge < -0.3 is 9.47 Å². The molecule has 58 valence electrons. The normalized spacial score (nSPS) is 22.1. The van der Waals surface area contributed by atoms with Crippen molar-refractivity contribution in [2.75, 3.05) is 13.2 Å². The molecule has 1 aliphatic heterocycles. The molecule has 0 bridgehead atoms. The van der Waals surface area contributed by atoms with Gasteiger partial charge in [-0.2, -0.15) is 0 Å². The molecule has 0 saturated carbocycles. The largest absolute Gasteiger partial charge is 0.349 e. The minimum atomic E-state index is -0.150. The topological polar surface area (TPSA) is 18.5 Å². The average molecular weight is 142 g/mol. The Kier molecular flexibility index (Phi) is 2.90. The average Bonchev–Trinajstić information content (AvgIpc) is 2.12. The Labute approximate surface area is 61.8 Å². The Morgan fingerprint density at radius 3 is 2.20 bits per heavy atom. The summed E-state index contributed by atoms with van der Waals surface area (Å²) >= 11 is 0. The molecule has 0 aliphatic carbocycles. The first-order valence-corrected chi connectivity index (χ1v) is 3.69. The van der Waals surface area contributed by atoms with Crippen LogP contribution in [0.15, 0.2) is 12.2 Å². The lowest BCUT2D eigenvalue weighted by molar-refractivity contribution is -0.0996. The summed E-state index contributed by atoms with van der Waals surface area (Å²) < 4.78 is 10.7. The van der Waals surface area contributed by atoms with Crippen molar-refractivity contribution in [1.29, 1.82) is 0 Å². The van der Waals surface area contributed by atoms with Crippen LogP contribution in [-0.4, -0.2) is 19.5 Å². The fourth-order valence-corrected chi connectivity index (χ4v) is 0.917. The first-order chi connectivity index (χ1) is 4.80. The lowest BCUT2D eigenvalue weighted by Crippen LogP contribution is -2.16. The number of hydrogen-bond acceptors (Lipinski definition) is 2. The third-order valence-electron chi connectivity index (χ3n) is 1.48. The maximum atomic E-state index is 5.34. The molecular weight excluding hydrogens is 128 g/mol. The van der Waals surface area contributed by atoms with Gasteiger partial charge in [0.05, 0.1) is 13.2 Å². The van der Waals surface area contributed by atoms with Crippen LogP contribution in [0.3, 0.4) is 0 Å². The van der Waals surface area contributed by atoms with Crippen LogP contribution < -0.4 is 0 Å². The summed E-state index contributed by atoms with van der Waals surface area (Å²) in [5, 5.41) is 0. The molecule has 1 saturated heterocycles. The second kappa shape index (κ2) is 3.74. The molecule has 0 aromatic carbocycles. The van der Waals surface area contributed by atoms with Crippen molar-refractivity contribution in [1.82, 2.24) is 0 Å². The lowest BCUT2D eigenvalue weighted by atomic mass is 10.3. The standard InChI is InChI=1S/C8H14O2/c1-7(2)8-9-5-3-4-6-10-8/h8H,1,3-6H2,2H3. The van der Waals surface area contributed by atoms with Crippen LogP contribution in [0.4, 0.5) is 0 Å². The molecule has 1 fully saturated rings. The third kappa shape index (κ3) is 2.12. The summed E-state index contributed by atoms with van der Waals surface area (Å²) in [5.74, 6) is 0. The molecule has 1 heterocycles. The Hall–Kier alpha value is -0.340. The van der Waals surface area contributed by atoms with E-state index in [1.165, 1.54) is 0 Å². The molecule has 0 amide bonds. The number of hydrogen-bond donors (Lipinski definition) is 0. The quantitative estimate of drug-likeness (QED) is 0.519. The van der Waals surface area contributed by atoms with Crippen LogP contribution in [0.2, 0.25) is 0 Å². The molecular formula is C8H14O2. The maximum Gasteiger partial charge on any atom is 0.179 e. The molecule has 0 radical (unpaired) electrons. The zero-order valence-corrected chi connectivity index (χ0v) is 6.43. The molecule has 0 N–H and O–H groups in total. The van der Waals surface area contributed by atoms with Crippen LogP contribution >= 0.6 is 0 Å². The van der Waals surface area contributed by atoms with E-state index >= 15 is 0 Å². The predicted molar refractivity (Wildman–Crippen MR) is 39.7 cm³/mol. The smallest absolute Gasteiger partial charge is 0.179 e. The Morgan fingerprint density at radius 2 is 1.80 bits per heavy atom. The fraction of sp³-hybridized carbons (Fsp3) is 0.750. The molecule has 2 heteroatoms.